The number of hydrogen-bond donors (Lipinski definition) is 1. The van der Waals surface area contributed by atoms with Crippen LogP contribution in [0.1, 0.15) is 26.2 Å². The van der Waals surface area contributed by atoms with Gasteiger partial charge in [-0.1, -0.05) is 13.3 Å². The van der Waals surface area contributed by atoms with Gasteiger partial charge in [-0.2, -0.15) is 5.10 Å². The van der Waals surface area contributed by atoms with E-state index in [1.54, 1.807) is 6.20 Å². The van der Waals surface area contributed by atoms with Crippen LogP contribution in [0.15, 0.2) is 18.3 Å². The first-order valence-corrected chi connectivity index (χ1v) is 4.94. The summed E-state index contributed by atoms with van der Waals surface area (Å²) >= 11 is 0. The highest BCUT2D eigenvalue weighted by Gasteiger charge is 2.35. The van der Waals surface area contributed by atoms with Crippen molar-refractivity contribution in [2.45, 2.75) is 32.2 Å². The average molecular weight is 177 g/mol. The predicted octanol–water partition coefficient (Wildman–Crippen LogP) is 2.08. The zero-order chi connectivity index (χ0) is 9.10. The summed E-state index contributed by atoms with van der Waals surface area (Å²) in [7, 11) is 0. The second-order valence-electron chi connectivity index (χ2n) is 3.64. The molecule has 1 aliphatic rings. The van der Waals surface area contributed by atoms with Gasteiger partial charge in [-0.3, -0.25) is 0 Å². The van der Waals surface area contributed by atoms with Crippen LogP contribution in [0.5, 0.6) is 0 Å². The van der Waals surface area contributed by atoms with Gasteiger partial charge in [0.2, 0.25) is 0 Å². The minimum absolute atomic E-state index is 0.650. The van der Waals surface area contributed by atoms with Gasteiger partial charge in [0.15, 0.2) is 0 Å². The maximum atomic E-state index is 3.99. The molecule has 1 aliphatic carbocycles. The van der Waals surface area contributed by atoms with Crippen LogP contribution in [0, 0.1) is 5.92 Å². The molecule has 0 aromatic carbocycles. The van der Waals surface area contributed by atoms with Crippen molar-refractivity contribution in [3.05, 3.63) is 18.3 Å². The molecule has 2 atom stereocenters. The normalized spacial score (nSPS) is 25.6. The number of hydrogen-bond acceptors (Lipinski definition) is 3. The minimum atomic E-state index is 0.650. The number of rotatable bonds is 4. The highest BCUT2D eigenvalue weighted by atomic mass is 15.2. The van der Waals surface area contributed by atoms with E-state index in [-0.39, 0.29) is 0 Å². The topological polar surface area (TPSA) is 37.8 Å². The molecule has 3 heteroatoms. The lowest BCUT2D eigenvalue weighted by Crippen LogP contribution is -2.06. The van der Waals surface area contributed by atoms with Crippen molar-refractivity contribution in [2.24, 2.45) is 5.92 Å². The van der Waals surface area contributed by atoms with Crippen LogP contribution >= 0.6 is 0 Å². The molecule has 1 fully saturated rings. The summed E-state index contributed by atoms with van der Waals surface area (Å²) in [6.45, 7) is 2.23. The smallest absolute Gasteiger partial charge is 0.148 e. The summed E-state index contributed by atoms with van der Waals surface area (Å²) in [5, 5.41) is 11.2. The first-order chi connectivity index (χ1) is 6.40. The minimum Gasteiger partial charge on any atom is -0.366 e. The lowest BCUT2D eigenvalue weighted by atomic mass is 10.2. The van der Waals surface area contributed by atoms with Gasteiger partial charge < -0.3 is 5.32 Å². The predicted molar refractivity (Wildman–Crippen MR) is 52.5 cm³/mol. The van der Waals surface area contributed by atoms with Gasteiger partial charge in [0.05, 0.1) is 0 Å². The lowest BCUT2D eigenvalue weighted by molar-refractivity contribution is 0.691. The summed E-state index contributed by atoms with van der Waals surface area (Å²) in [5.41, 5.74) is 0. The van der Waals surface area contributed by atoms with Gasteiger partial charge >= 0.3 is 0 Å². The molecule has 0 saturated heterocycles. The van der Waals surface area contributed by atoms with Crippen molar-refractivity contribution in [3.63, 3.8) is 0 Å². The molecule has 1 saturated carbocycles. The molecule has 1 aromatic heterocycles. The van der Waals surface area contributed by atoms with Crippen LogP contribution in [0.2, 0.25) is 0 Å². The van der Waals surface area contributed by atoms with Gasteiger partial charge in [-0.05, 0) is 30.9 Å². The zero-order valence-electron chi connectivity index (χ0n) is 7.90. The lowest BCUT2D eigenvalue weighted by Gasteiger charge is -2.02. The van der Waals surface area contributed by atoms with Gasteiger partial charge in [0, 0.05) is 12.2 Å². The molecule has 3 nitrogen and oxygen atoms in total. The molecular formula is C10H15N3. The summed E-state index contributed by atoms with van der Waals surface area (Å²) in [5.74, 6) is 1.78. The fourth-order valence-electron chi connectivity index (χ4n) is 1.68. The van der Waals surface area contributed by atoms with E-state index in [9.17, 15) is 0 Å². The van der Waals surface area contributed by atoms with E-state index in [2.05, 4.69) is 22.4 Å². The highest BCUT2D eigenvalue weighted by Crippen LogP contribution is 2.36. The van der Waals surface area contributed by atoms with Gasteiger partial charge in [-0.25, -0.2) is 0 Å². The SMILES string of the molecule is CCCC1CC1Nc1cccnn1. The fourth-order valence-corrected chi connectivity index (χ4v) is 1.68. The Morgan fingerprint density at radius 3 is 3.23 bits per heavy atom. The first kappa shape index (κ1) is 8.48. The zero-order valence-corrected chi connectivity index (χ0v) is 7.90. The Hall–Kier alpha value is -1.12. The van der Waals surface area contributed by atoms with E-state index >= 15 is 0 Å². The maximum Gasteiger partial charge on any atom is 0.148 e. The molecule has 2 unspecified atom stereocenters. The van der Waals surface area contributed by atoms with Crippen LogP contribution in [0.4, 0.5) is 5.82 Å². The molecule has 0 spiro atoms. The number of nitrogens with zero attached hydrogens (tertiary/aromatic N) is 2. The van der Waals surface area contributed by atoms with Crippen molar-refractivity contribution >= 4 is 5.82 Å². The second-order valence-corrected chi connectivity index (χ2v) is 3.64. The van der Waals surface area contributed by atoms with Crippen LogP contribution < -0.4 is 5.32 Å². The first-order valence-electron chi connectivity index (χ1n) is 4.94. The van der Waals surface area contributed by atoms with E-state index in [0.717, 1.165) is 11.7 Å². The quantitative estimate of drug-likeness (QED) is 0.765. The third-order valence-corrected chi connectivity index (χ3v) is 2.49. The molecule has 2 rings (SSSR count). The molecule has 0 bridgehead atoms. The molecule has 0 radical (unpaired) electrons. The molecule has 13 heavy (non-hydrogen) atoms. The number of nitrogens with one attached hydrogen (secondary N) is 1. The van der Waals surface area contributed by atoms with Crippen molar-refractivity contribution in [2.75, 3.05) is 5.32 Å². The number of aromatic nitrogens is 2. The van der Waals surface area contributed by atoms with Crippen LogP contribution in [-0.2, 0) is 0 Å². The summed E-state index contributed by atoms with van der Waals surface area (Å²) in [6.07, 6.45) is 5.60. The van der Waals surface area contributed by atoms with E-state index < -0.39 is 0 Å². The Morgan fingerprint density at radius 1 is 1.62 bits per heavy atom. The Bertz CT molecular complexity index is 260. The summed E-state index contributed by atoms with van der Waals surface area (Å²) in [4.78, 5) is 0. The average Bonchev–Trinajstić information content (AvgIpc) is 2.86. The second kappa shape index (κ2) is 3.73. The molecule has 70 valence electrons. The largest absolute Gasteiger partial charge is 0.366 e. The van der Waals surface area contributed by atoms with Gasteiger partial charge in [-0.15, -0.1) is 5.10 Å². The third-order valence-electron chi connectivity index (χ3n) is 2.49. The van der Waals surface area contributed by atoms with E-state index in [1.165, 1.54) is 19.3 Å². The summed E-state index contributed by atoms with van der Waals surface area (Å²) in [6, 6.07) is 4.53. The Balaban J connectivity index is 1.81. The van der Waals surface area contributed by atoms with E-state index in [1.807, 2.05) is 12.1 Å². The van der Waals surface area contributed by atoms with E-state index in [0.29, 0.717) is 6.04 Å². The Morgan fingerprint density at radius 2 is 2.54 bits per heavy atom. The third kappa shape index (κ3) is 2.17. The van der Waals surface area contributed by atoms with Crippen LogP contribution in [0.3, 0.4) is 0 Å². The van der Waals surface area contributed by atoms with Crippen molar-refractivity contribution in [1.29, 1.82) is 0 Å². The molecule has 1 heterocycles. The molecular weight excluding hydrogens is 162 g/mol. The van der Waals surface area contributed by atoms with Crippen LogP contribution in [-0.4, -0.2) is 16.2 Å². The van der Waals surface area contributed by atoms with Gasteiger partial charge in [0.1, 0.15) is 5.82 Å². The molecule has 0 aliphatic heterocycles. The molecule has 1 N–H and O–H groups in total. The highest BCUT2D eigenvalue weighted by molar-refractivity contribution is 5.35. The van der Waals surface area contributed by atoms with Crippen molar-refractivity contribution < 1.29 is 0 Å². The van der Waals surface area contributed by atoms with E-state index in [4.69, 9.17) is 0 Å². The molecule has 0 amide bonds. The molecule has 1 aromatic rings. The van der Waals surface area contributed by atoms with Crippen molar-refractivity contribution in [3.8, 4) is 0 Å². The van der Waals surface area contributed by atoms with Crippen molar-refractivity contribution in [1.82, 2.24) is 10.2 Å². The number of anilines is 1. The Labute approximate surface area is 78.6 Å². The summed E-state index contributed by atoms with van der Waals surface area (Å²) < 4.78 is 0. The monoisotopic (exact) mass is 177 g/mol. The van der Waals surface area contributed by atoms with Gasteiger partial charge in [0.25, 0.3) is 0 Å². The maximum absolute atomic E-state index is 3.99. The Kier molecular flexibility index (Phi) is 2.43. The standard InChI is InChI=1S/C10H15N3/c1-2-4-8-7-9(8)12-10-5-3-6-11-13-10/h3,5-6,8-9H,2,4,7H2,1H3,(H,12,13). The fraction of sp³-hybridized carbons (Fsp3) is 0.600. The van der Waals surface area contributed by atoms with Crippen LogP contribution in [0.25, 0.3) is 0 Å².